The average Bonchev–Trinajstić information content (AvgIpc) is 2.53. The van der Waals surface area contributed by atoms with E-state index >= 15 is 0 Å². The number of benzene rings is 2. The zero-order valence-corrected chi connectivity index (χ0v) is 11.1. The molecule has 0 saturated carbocycles. The Bertz CT molecular complexity index is 702. The molecule has 0 spiro atoms. The number of fused-ring (bicyclic) bond motifs is 1. The van der Waals surface area contributed by atoms with Crippen molar-refractivity contribution in [3.05, 3.63) is 72.1 Å². The van der Waals surface area contributed by atoms with E-state index in [1.165, 1.54) is 16.3 Å². The number of nitrogens with two attached hydrogens (primary N) is 1. The molecule has 0 radical (unpaired) electrons. The minimum Gasteiger partial charge on any atom is -0.487 e. The normalized spacial score (nSPS) is 10.7. The number of pyridine rings is 1. The highest BCUT2D eigenvalue weighted by molar-refractivity contribution is 5.85. The van der Waals surface area contributed by atoms with Crippen molar-refractivity contribution in [3.63, 3.8) is 0 Å². The van der Waals surface area contributed by atoms with Gasteiger partial charge in [-0.2, -0.15) is 0 Å². The molecule has 0 saturated heterocycles. The van der Waals surface area contributed by atoms with Crippen LogP contribution in [-0.4, -0.2) is 4.98 Å². The highest BCUT2D eigenvalue weighted by Gasteiger charge is 2.02. The molecule has 1 aromatic heterocycles. The first kappa shape index (κ1) is 12.6. The molecular weight excluding hydrogens is 248 g/mol. The van der Waals surface area contributed by atoms with Crippen molar-refractivity contribution in [2.45, 2.75) is 13.2 Å². The summed E-state index contributed by atoms with van der Waals surface area (Å²) in [5.74, 6) is 0.759. The van der Waals surface area contributed by atoms with E-state index in [-0.39, 0.29) is 0 Å². The number of hydrogen-bond acceptors (Lipinski definition) is 3. The first-order valence-corrected chi connectivity index (χ1v) is 6.61. The lowest BCUT2D eigenvalue weighted by atomic mass is 10.1. The minimum absolute atomic E-state index is 0.448. The second-order valence-corrected chi connectivity index (χ2v) is 4.62. The predicted octanol–water partition coefficient (Wildman–Crippen LogP) is 3.27. The molecule has 0 atom stereocenters. The van der Waals surface area contributed by atoms with Crippen molar-refractivity contribution in [2.75, 3.05) is 0 Å². The Hall–Kier alpha value is -2.39. The molecule has 100 valence electrons. The monoisotopic (exact) mass is 264 g/mol. The van der Waals surface area contributed by atoms with E-state index in [2.05, 4.69) is 35.3 Å². The largest absolute Gasteiger partial charge is 0.487 e. The van der Waals surface area contributed by atoms with Crippen LogP contribution < -0.4 is 10.5 Å². The molecule has 0 aliphatic heterocycles. The van der Waals surface area contributed by atoms with E-state index in [0.29, 0.717) is 13.2 Å². The summed E-state index contributed by atoms with van der Waals surface area (Å²) in [5.41, 5.74) is 7.56. The first-order chi connectivity index (χ1) is 9.86. The van der Waals surface area contributed by atoms with Gasteiger partial charge in [0.25, 0.3) is 0 Å². The molecular formula is C17H16N2O. The second-order valence-electron chi connectivity index (χ2n) is 4.62. The molecule has 3 nitrogen and oxygen atoms in total. The van der Waals surface area contributed by atoms with Crippen LogP contribution in [-0.2, 0) is 13.2 Å². The third-order valence-electron chi connectivity index (χ3n) is 3.28. The van der Waals surface area contributed by atoms with Crippen molar-refractivity contribution < 1.29 is 4.74 Å². The third-order valence-corrected chi connectivity index (χ3v) is 3.28. The fraction of sp³-hybridized carbons (Fsp3) is 0.118. The lowest BCUT2D eigenvalue weighted by Gasteiger charge is -2.09. The summed E-state index contributed by atoms with van der Waals surface area (Å²) in [5, 5.41) is 2.45. The molecule has 3 aromatic rings. The van der Waals surface area contributed by atoms with Crippen molar-refractivity contribution in [2.24, 2.45) is 5.73 Å². The molecule has 1 heterocycles. The van der Waals surface area contributed by atoms with E-state index in [4.69, 9.17) is 10.5 Å². The maximum atomic E-state index is 5.80. The van der Waals surface area contributed by atoms with Gasteiger partial charge in [-0.05, 0) is 28.5 Å². The van der Waals surface area contributed by atoms with Crippen LogP contribution in [0.4, 0.5) is 0 Å². The van der Waals surface area contributed by atoms with Crippen molar-refractivity contribution in [1.82, 2.24) is 4.98 Å². The molecule has 20 heavy (non-hydrogen) atoms. The van der Waals surface area contributed by atoms with Gasteiger partial charge in [-0.15, -0.1) is 0 Å². The molecule has 0 fully saturated rings. The first-order valence-electron chi connectivity index (χ1n) is 6.61. The Kier molecular flexibility index (Phi) is 3.61. The van der Waals surface area contributed by atoms with E-state index in [1.54, 1.807) is 6.20 Å². The topological polar surface area (TPSA) is 48.1 Å². The molecule has 2 aromatic carbocycles. The van der Waals surface area contributed by atoms with Gasteiger partial charge in [-0.25, -0.2) is 0 Å². The van der Waals surface area contributed by atoms with E-state index in [1.807, 2.05) is 24.3 Å². The molecule has 3 rings (SSSR count). The summed E-state index contributed by atoms with van der Waals surface area (Å²) in [4.78, 5) is 4.22. The molecule has 0 bridgehead atoms. The van der Waals surface area contributed by atoms with Crippen LogP contribution in [0.25, 0.3) is 10.8 Å². The average molecular weight is 264 g/mol. The Labute approximate surface area is 118 Å². The summed E-state index contributed by atoms with van der Waals surface area (Å²) < 4.78 is 5.80. The number of rotatable bonds is 4. The third kappa shape index (κ3) is 2.63. The van der Waals surface area contributed by atoms with Gasteiger partial charge < -0.3 is 10.5 Å². The van der Waals surface area contributed by atoms with Crippen LogP contribution >= 0.6 is 0 Å². The smallest absolute Gasteiger partial charge is 0.138 e. The number of ether oxygens (including phenoxy) is 1. The Balaban J connectivity index is 1.79. The van der Waals surface area contributed by atoms with Gasteiger partial charge in [0, 0.05) is 6.54 Å². The van der Waals surface area contributed by atoms with Gasteiger partial charge in [0.05, 0.1) is 11.9 Å². The van der Waals surface area contributed by atoms with Gasteiger partial charge in [-0.1, -0.05) is 42.5 Å². The van der Waals surface area contributed by atoms with Gasteiger partial charge in [0.15, 0.2) is 0 Å². The number of hydrogen-bond donors (Lipinski definition) is 1. The molecule has 0 aliphatic rings. The van der Waals surface area contributed by atoms with Crippen molar-refractivity contribution >= 4 is 10.8 Å². The van der Waals surface area contributed by atoms with Gasteiger partial charge in [-0.3, -0.25) is 4.98 Å². The minimum atomic E-state index is 0.448. The molecule has 0 amide bonds. The van der Waals surface area contributed by atoms with Crippen LogP contribution in [0.2, 0.25) is 0 Å². The summed E-state index contributed by atoms with van der Waals surface area (Å²) in [6, 6.07) is 18.3. The maximum Gasteiger partial charge on any atom is 0.138 e. The number of nitrogens with zero attached hydrogens (tertiary/aromatic N) is 1. The lowest BCUT2D eigenvalue weighted by Crippen LogP contribution is -2.00. The van der Waals surface area contributed by atoms with Crippen LogP contribution in [0.5, 0.6) is 5.75 Å². The van der Waals surface area contributed by atoms with Crippen molar-refractivity contribution in [3.8, 4) is 5.75 Å². The van der Waals surface area contributed by atoms with Gasteiger partial charge in [0.2, 0.25) is 0 Å². The number of aromatic nitrogens is 1. The maximum absolute atomic E-state index is 5.80. The van der Waals surface area contributed by atoms with E-state index < -0.39 is 0 Å². The Morgan fingerprint density at radius 2 is 1.80 bits per heavy atom. The fourth-order valence-electron chi connectivity index (χ4n) is 2.20. The lowest BCUT2D eigenvalue weighted by molar-refractivity contribution is 0.306. The molecule has 2 N–H and O–H groups in total. The van der Waals surface area contributed by atoms with Gasteiger partial charge >= 0.3 is 0 Å². The van der Waals surface area contributed by atoms with Crippen LogP contribution in [0.1, 0.15) is 11.3 Å². The zero-order chi connectivity index (χ0) is 13.8. The quantitative estimate of drug-likeness (QED) is 0.786. The van der Waals surface area contributed by atoms with Crippen molar-refractivity contribution in [1.29, 1.82) is 0 Å². The standard InChI is InChI=1S/C17H16N2O/c18-10-15-8-9-16(11-19-15)20-12-14-6-3-5-13-4-1-2-7-17(13)14/h1-9,11H,10,12,18H2. The zero-order valence-electron chi connectivity index (χ0n) is 11.1. The summed E-state index contributed by atoms with van der Waals surface area (Å²) in [7, 11) is 0. The van der Waals surface area contributed by atoms with E-state index in [0.717, 1.165) is 11.4 Å². The highest BCUT2D eigenvalue weighted by atomic mass is 16.5. The summed E-state index contributed by atoms with van der Waals surface area (Å²) in [6.07, 6.45) is 1.72. The fourth-order valence-corrected chi connectivity index (χ4v) is 2.20. The van der Waals surface area contributed by atoms with Crippen LogP contribution in [0, 0.1) is 0 Å². The molecule has 0 unspecified atom stereocenters. The summed E-state index contributed by atoms with van der Waals surface area (Å²) in [6.45, 7) is 0.981. The Morgan fingerprint density at radius 1 is 0.950 bits per heavy atom. The molecule has 3 heteroatoms. The van der Waals surface area contributed by atoms with Gasteiger partial charge in [0.1, 0.15) is 12.4 Å². The van der Waals surface area contributed by atoms with E-state index in [9.17, 15) is 0 Å². The van der Waals surface area contributed by atoms with Crippen LogP contribution in [0.3, 0.4) is 0 Å². The SMILES string of the molecule is NCc1ccc(OCc2cccc3ccccc23)cn1. The predicted molar refractivity (Wildman–Crippen MR) is 80.4 cm³/mol. The highest BCUT2D eigenvalue weighted by Crippen LogP contribution is 2.20. The second kappa shape index (κ2) is 5.72. The molecule has 0 aliphatic carbocycles. The Morgan fingerprint density at radius 3 is 2.60 bits per heavy atom. The van der Waals surface area contributed by atoms with Crippen LogP contribution in [0.15, 0.2) is 60.8 Å². The summed E-state index contributed by atoms with van der Waals surface area (Å²) >= 11 is 0.